The molecule has 2 aliphatic carbocycles. The molecule has 102 valence electrons. The number of amides is 1. The number of carbonyl (C=O) groups excluding carboxylic acids is 1. The van der Waals surface area contributed by atoms with Crippen LogP contribution in [0.1, 0.15) is 39.0 Å². The lowest BCUT2D eigenvalue weighted by Crippen LogP contribution is -2.47. The molecule has 4 unspecified atom stereocenters. The molecule has 1 fully saturated rings. The first-order valence-corrected chi connectivity index (χ1v) is 6.92. The smallest absolute Gasteiger partial charge is 0.227 e. The molecule has 0 aromatic carbocycles. The van der Waals surface area contributed by atoms with E-state index in [2.05, 4.69) is 12.2 Å². The second-order valence-electron chi connectivity index (χ2n) is 6.03. The Bertz CT molecular complexity index is 343. The van der Waals surface area contributed by atoms with Crippen LogP contribution in [0.25, 0.3) is 0 Å². The topological polar surface area (TPSA) is 75.3 Å². The molecule has 0 spiro atoms. The zero-order valence-electron chi connectivity index (χ0n) is 11.1. The highest BCUT2D eigenvalue weighted by atomic mass is 16.3. The van der Waals surface area contributed by atoms with E-state index in [1.54, 1.807) is 0 Å². The van der Waals surface area contributed by atoms with Crippen molar-refractivity contribution in [1.82, 2.24) is 5.32 Å². The summed E-state index contributed by atoms with van der Waals surface area (Å²) in [6.45, 7) is 2.53. The number of carbonyl (C=O) groups is 1. The molecule has 4 N–H and O–H groups in total. The maximum absolute atomic E-state index is 11.9. The van der Waals surface area contributed by atoms with Gasteiger partial charge in [-0.1, -0.05) is 31.9 Å². The number of nitrogens with two attached hydrogens (primary N) is 1. The molecule has 2 rings (SSSR count). The number of hydrogen-bond donors (Lipinski definition) is 3. The fourth-order valence-electron chi connectivity index (χ4n) is 3.10. The molecule has 0 aromatic heterocycles. The van der Waals surface area contributed by atoms with Gasteiger partial charge in [0.05, 0.1) is 11.5 Å². The molecule has 0 bridgehead atoms. The summed E-state index contributed by atoms with van der Waals surface area (Å²) in [4.78, 5) is 11.9. The molecule has 0 saturated heterocycles. The Labute approximate surface area is 109 Å². The molecule has 4 atom stereocenters. The summed E-state index contributed by atoms with van der Waals surface area (Å²) >= 11 is 0. The van der Waals surface area contributed by atoms with E-state index in [9.17, 15) is 9.90 Å². The molecule has 0 heterocycles. The second-order valence-corrected chi connectivity index (χ2v) is 6.03. The minimum atomic E-state index is -0.711. The largest absolute Gasteiger partial charge is 0.388 e. The van der Waals surface area contributed by atoms with Gasteiger partial charge in [-0.3, -0.25) is 4.79 Å². The first kappa shape index (κ1) is 13.6. The van der Waals surface area contributed by atoms with Crippen LogP contribution in [0.15, 0.2) is 12.2 Å². The normalized spacial score (nSPS) is 39.8. The Morgan fingerprint density at radius 2 is 2.33 bits per heavy atom. The molecule has 2 aliphatic rings. The van der Waals surface area contributed by atoms with Crippen LogP contribution in [-0.4, -0.2) is 29.2 Å². The van der Waals surface area contributed by atoms with Gasteiger partial charge in [0.25, 0.3) is 0 Å². The minimum absolute atomic E-state index is 0.00135. The van der Waals surface area contributed by atoms with E-state index >= 15 is 0 Å². The summed E-state index contributed by atoms with van der Waals surface area (Å²) in [5.41, 5.74) is 5.02. The molecule has 0 radical (unpaired) electrons. The van der Waals surface area contributed by atoms with Crippen LogP contribution < -0.4 is 11.1 Å². The third-order valence-corrected chi connectivity index (χ3v) is 4.11. The van der Waals surface area contributed by atoms with E-state index in [0.29, 0.717) is 18.9 Å². The number of rotatable bonds is 3. The van der Waals surface area contributed by atoms with Crippen molar-refractivity contribution in [2.75, 3.05) is 6.54 Å². The van der Waals surface area contributed by atoms with Gasteiger partial charge in [-0.15, -0.1) is 0 Å². The van der Waals surface area contributed by atoms with Crippen LogP contribution in [0.5, 0.6) is 0 Å². The Hall–Kier alpha value is -0.870. The van der Waals surface area contributed by atoms with Crippen LogP contribution in [0.2, 0.25) is 0 Å². The van der Waals surface area contributed by atoms with Crippen molar-refractivity contribution in [3.63, 3.8) is 0 Å². The first-order chi connectivity index (χ1) is 8.48. The summed E-state index contributed by atoms with van der Waals surface area (Å²) < 4.78 is 0. The standard InChI is InChI=1S/C14H24N2O2/c1-10-3-2-6-14(18,8-10)9-16-13(17)11-4-5-12(15)7-11/h4-5,10-12,18H,2-3,6-9,15H2,1H3,(H,16,17). The number of nitrogens with one attached hydrogen (secondary N) is 1. The van der Waals surface area contributed by atoms with Crippen molar-refractivity contribution in [1.29, 1.82) is 0 Å². The molecule has 1 amide bonds. The predicted molar refractivity (Wildman–Crippen MR) is 70.8 cm³/mol. The fourth-order valence-corrected chi connectivity index (χ4v) is 3.10. The zero-order chi connectivity index (χ0) is 13.2. The van der Waals surface area contributed by atoms with Crippen molar-refractivity contribution in [3.05, 3.63) is 12.2 Å². The lowest BCUT2D eigenvalue weighted by Gasteiger charge is -2.35. The van der Waals surface area contributed by atoms with Gasteiger partial charge in [0.1, 0.15) is 0 Å². The van der Waals surface area contributed by atoms with Crippen molar-refractivity contribution >= 4 is 5.91 Å². The molecular formula is C14H24N2O2. The summed E-state index contributed by atoms with van der Waals surface area (Å²) in [7, 11) is 0. The highest BCUT2D eigenvalue weighted by molar-refractivity contribution is 5.81. The van der Waals surface area contributed by atoms with Gasteiger partial charge in [-0.25, -0.2) is 0 Å². The Kier molecular flexibility index (Phi) is 4.07. The highest BCUT2D eigenvalue weighted by Crippen LogP contribution is 2.31. The van der Waals surface area contributed by atoms with Gasteiger partial charge in [0.15, 0.2) is 0 Å². The molecular weight excluding hydrogens is 228 g/mol. The van der Waals surface area contributed by atoms with E-state index in [1.165, 1.54) is 6.42 Å². The average molecular weight is 252 g/mol. The summed E-state index contributed by atoms with van der Waals surface area (Å²) in [5.74, 6) is 0.413. The van der Waals surface area contributed by atoms with Gasteiger partial charge in [0.2, 0.25) is 5.91 Å². The fraction of sp³-hybridized carbons (Fsp3) is 0.786. The molecule has 4 nitrogen and oxygen atoms in total. The van der Waals surface area contributed by atoms with E-state index in [0.717, 1.165) is 19.3 Å². The van der Waals surface area contributed by atoms with Gasteiger partial charge in [-0.05, 0) is 25.2 Å². The number of aliphatic hydroxyl groups is 1. The zero-order valence-corrected chi connectivity index (χ0v) is 11.1. The lowest BCUT2D eigenvalue weighted by atomic mass is 9.79. The van der Waals surface area contributed by atoms with Crippen LogP contribution in [-0.2, 0) is 4.79 Å². The molecule has 18 heavy (non-hydrogen) atoms. The SMILES string of the molecule is CC1CCCC(O)(CNC(=O)C2C=CC(N)C2)C1. The summed E-state index contributed by atoms with van der Waals surface area (Å²) in [5, 5.41) is 13.3. The Morgan fingerprint density at radius 1 is 1.56 bits per heavy atom. The molecule has 0 aromatic rings. The van der Waals surface area contributed by atoms with Crippen LogP contribution in [0.4, 0.5) is 0 Å². The molecule has 4 heteroatoms. The van der Waals surface area contributed by atoms with E-state index in [4.69, 9.17) is 5.73 Å². The van der Waals surface area contributed by atoms with Crippen molar-refractivity contribution < 1.29 is 9.90 Å². The first-order valence-electron chi connectivity index (χ1n) is 6.92. The molecule has 0 aliphatic heterocycles. The van der Waals surface area contributed by atoms with Crippen LogP contribution in [0.3, 0.4) is 0 Å². The van der Waals surface area contributed by atoms with Gasteiger partial charge >= 0.3 is 0 Å². The highest BCUT2D eigenvalue weighted by Gasteiger charge is 2.33. The van der Waals surface area contributed by atoms with Crippen LogP contribution in [0, 0.1) is 11.8 Å². The van der Waals surface area contributed by atoms with Crippen LogP contribution >= 0.6 is 0 Å². The minimum Gasteiger partial charge on any atom is -0.388 e. The summed E-state index contributed by atoms with van der Waals surface area (Å²) in [6, 6.07) is -0.00135. The van der Waals surface area contributed by atoms with E-state index in [-0.39, 0.29) is 17.9 Å². The van der Waals surface area contributed by atoms with E-state index < -0.39 is 5.60 Å². The maximum Gasteiger partial charge on any atom is 0.227 e. The van der Waals surface area contributed by atoms with Gasteiger partial charge < -0.3 is 16.2 Å². The summed E-state index contributed by atoms with van der Waals surface area (Å²) in [6.07, 6.45) is 8.22. The van der Waals surface area contributed by atoms with Gasteiger partial charge in [-0.2, -0.15) is 0 Å². The van der Waals surface area contributed by atoms with Crippen molar-refractivity contribution in [3.8, 4) is 0 Å². The Morgan fingerprint density at radius 3 is 2.94 bits per heavy atom. The number of hydrogen-bond acceptors (Lipinski definition) is 3. The maximum atomic E-state index is 11.9. The molecule has 1 saturated carbocycles. The second kappa shape index (κ2) is 5.41. The third-order valence-electron chi connectivity index (χ3n) is 4.11. The third kappa shape index (κ3) is 3.33. The van der Waals surface area contributed by atoms with Crippen molar-refractivity contribution in [2.24, 2.45) is 17.6 Å². The lowest BCUT2D eigenvalue weighted by molar-refractivity contribution is -0.125. The monoisotopic (exact) mass is 252 g/mol. The quantitative estimate of drug-likeness (QED) is 0.655. The average Bonchev–Trinajstić information content (AvgIpc) is 2.73. The predicted octanol–water partition coefficient (Wildman–Crippen LogP) is 0.947. The van der Waals surface area contributed by atoms with Gasteiger partial charge in [0, 0.05) is 12.6 Å². The van der Waals surface area contributed by atoms with E-state index in [1.807, 2.05) is 12.2 Å². The Balaban J connectivity index is 1.80. The van der Waals surface area contributed by atoms with Crippen molar-refractivity contribution in [2.45, 2.75) is 50.7 Å².